The maximum absolute atomic E-state index is 9.05. The molecule has 2 nitrogen and oxygen atoms in total. The third-order valence-corrected chi connectivity index (χ3v) is 2.63. The van der Waals surface area contributed by atoms with Gasteiger partial charge in [-0.2, -0.15) is 5.26 Å². The Kier molecular flexibility index (Phi) is 4.45. The van der Waals surface area contributed by atoms with Crippen molar-refractivity contribution in [3.05, 3.63) is 28.8 Å². The van der Waals surface area contributed by atoms with E-state index in [4.69, 9.17) is 16.9 Å². The molecule has 0 saturated carbocycles. The predicted octanol–water partition coefficient (Wildman–Crippen LogP) is 3.45. The van der Waals surface area contributed by atoms with Crippen molar-refractivity contribution in [3.8, 4) is 6.07 Å². The molecule has 0 spiro atoms. The number of rotatable bonds is 4. The van der Waals surface area contributed by atoms with Crippen molar-refractivity contribution >= 4 is 17.3 Å². The van der Waals surface area contributed by atoms with E-state index in [2.05, 4.69) is 24.8 Å². The van der Waals surface area contributed by atoms with Crippen molar-refractivity contribution in [3.63, 3.8) is 0 Å². The predicted molar refractivity (Wildman–Crippen MR) is 64.3 cm³/mol. The van der Waals surface area contributed by atoms with Crippen LogP contribution in [0.5, 0.6) is 0 Å². The van der Waals surface area contributed by atoms with Crippen molar-refractivity contribution in [2.75, 3.05) is 18.0 Å². The van der Waals surface area contributed by atoms with Crippen molar-refractivity contribution in [1.29, 1.82) is 5.26 Å². The molecule has 1 rings (SSSR count). The first-order valence-corrected chi connectivity index (χ1v) is 5.55. The lowest BCUT2D eigenvalue weighted by atomic mass is 10.1. The van der Waals surface area contributed by atoms with Gasteiger partial charge < -0.3 is 4.90 Å². The first-order chi connectivity index (χ1) is 7.24. The first-order valence-electron chi connectivity index (χ1n) is 5.18. The van der Waals surface area contributed by atoms with Crippen LogP contribution in [-0.4, -0.2) is 13.1 Å². The van der Waals surface area contributed by atoms with E-state index in [0.29, 0.717) is 10.6 Å². The molecule has 0 atom stereocenters. The average molecular weight is 223 g/mol. The zero-order valence-electron chi connectivity index (χ0n) is 9.13. The summed E-state index contributed by atoms with van der Waals surface area (Å²) in [5.74, 6) is 0. The van der Waals surface area contributed by atoms with E-state index in [0.717, 1.165) is 25.2 Å². The molecule has 3 heteroatoms. The number of halogens is 1. The van der Waals surface area contributed by atoms with Crippen LogP contribution in [0.25, 0.3) is 0 Å². The van der Waals surface area contributed by atoms with Crippen LogP contribution in [0, 0.1) is 11.3 Å². The lowest BCUT2D eigenvalue weighted by Gasteiger charge is -2.23. The molecular formula is C12H15ClN2. The quantitative estimate of drug-likeness (QED) is 0.780. The highest BCUT2D eigenvalue weighted by molar-refractivity contribution is 6.32. The summed E-state index contributed by atoms with van der Waals surface area (Å²) < 4.78 is 0. The van der Waals surface area contributed by atoms with Gasteiger partial charge in [0.2, 0.25) is 0 Å². The Morgan fingerprint density at radius 2 is 2.13 bits per heavy atom. The SMILES string of the molecule is CCCN(CC)c1cccc(Cl)c1C#N. The molecular weight excluding hydrogens is 208 g/mol. The Hall–Kier alpha value is -1.20. The van der Waals surface area contributed by atoms with Gasteiger partial charge >= 0.3 is 0 Å². The normalized spacial score (nSPS) is 9.73. The van der Waals surface area contributed by atoms with Crippen molar-refractivity contribution in [2.45, 2.75) is 20.3 Å². The molecule has 0 fully saturated rings. The van der Waals surface area contributed by atoms with E-state index in [9.17, 15) is 0 Å². The molecule has 0 saturated heterocycles. The summed E-state index contributed by atoms with van der Waals surface area (Å²) in [6.07, 6.45) is 1.06. The molecule has 0 aromatic heterocycles. The number of benzene rings is 1. The number of anilines is 1. The molecule has 0 radical (unpaired) electrons. The molecule has 0 bridgehead atoms. The van der Waals surface area contributed by atoms with Crippen molar-refractivity contribution in [1.82, 2.24) is 0 Å². The lowest BCUT2D eigenvalue weighted by molar-refractivity contribution is 0.791. The van der Waals surface area contributed by atoms with Gasteiger partial charge in [0.15, 0.2) is 0 Å². The number of hydrogen-bond donors (Lipinski definition) is 0. The highest BCUT2D eigenvalue weighted by Crippen LogP contribution is 2.26. The minimum atomic E-state index is 0.532. The number of hydrogen-bond acceptors (Lipinski definition) is 2. The highest BCUT2D eigenvalue weighted by Gasteiger charge is 2.11. The third kappa shape index (κ3) is 2.64. The zero-order chi connectivity index (χ0) is 11.3. The summed E-state index contributed by atoms with van der Waals surface area (Å²) >= 11 is 5.98. The van der Waals surface area contributed by atoms with Crippen LogP contribution in [0.3, 0.4) is 0 Å². The lowest BCUT2D eigenvalue weighted by Crippen LogP contribution is -2.24. The van der Waals surface area contributed by atoms with E-state index in [1.54, 1.807) is 6.07 Å². The van der Waals surface area contributed by atoms with Crippen LogP contribution in [0.1, 0.15) is 25.8 Å². The van der Waals surface area contributed by atoms with E-state index < -0.39 is 0 Å². The third-order valence-electron chi connectivity index (χ3n) is 2.32. The fourth-order valence-corrected chi connectivity index (χ4v) is 1.82. The molecule has 0 unspecified atom stereocenters. The van der Waals surface area contributed by atoms with Crippen LogP contribution >= 0.6 is 11.6 Å². The largest absolute Gasteiger partial charge is 0.371 e. The second-order valence-corrected chi connectivity index (χ2v) is 3.73. The number of nitrogens with zero attached hydrogens (tertiary/aromatic N) is 2. The average Bonchev–Trinajstić information content (AvgIpc) is 2.25. The van der Waals surface area contributed by atoms with Gasteiger partial charge in [0.1, 0.15) is 6.07 Å². The summed E-state index contributed by atoms with van der Waals surface area (Å²) in [4.78, 5) is 2.17. The maximum Gasteiger partial charge on any atom is 0.103 e. The fourth-order valence-electron chi connectivity index (χ4n) is 1.61. The molecule has 0 N–H and O–H groups in total. The highest BCUT2D eigenvalue weighted by atomic mass is 35.5. The summed E-state index contributed by atoms with van der Waals surface area (Å²) in [6.45, 7) is 6.05. The van der Waals surface area contributed by atoms with Gasteiger partial charge in [-0.15, -0.1) is 0 Å². The zero-order valence-corrected chi connectivity index (χ0v) is 9.88. The van der Waals surface area contributed by atoms with E-state index in [1.165, 1.54) is 0 Å². The van der Waals surface area contributed by atoms with Crippen LogP contribution < -0.4 is 4.90 Å². The van der Waals surface area contributed by atoms with Crippen LogP contribution in [0.4, 0.5) is 5.69 Å². The molecule has 0 amide bonds. The second kappa shape index (κ2) is 5.63. The molecule has 0 aliphatic rings. The minimum Gasteiger partial charge on any atom is -0.371 e. The molecule has 1 aromatic carbocycles. The molecule has 0 aliphatic heterocycles. The molecule has 1 aromatic rings. The first kappa shape index (κ1) is 11.9. The summed E-state index contributed by atoms with van der Waals surface area (Å²) in [5.41, 5.74) is 1.52. The van der Waals surface area contributed by atoms with Crippen molar-refractivity contribution < 1.29 is 0 Å². The Morgan fingerprint density at radius 1 is 1.40 bits per heavy atom. The van der Waals surface area contributed by atoms with Gasteiger partial charge in [0.25, 0.3) is 0 Å². The van der Waals surface area contributed by atoms with Gasteiger partial charge in [-0.05, 0) is 25.5 Å². The summed E-state index contributed by atoms with van der Waals surface area (Å²) in [6, 6.07) is 7.75. The summed E-state index contributed by atoms with van der Waals surface area (Å²) in [7, 11) is 0. The van der Waals surface area contributed by atoms with E-state index in [1.807, 2.05) is 12.1 Å². The smallest absolute Gasteiger partial charge is 0.103 e. The summed E-state index contributed by atoms with van der Waals surface area (Å²) in [5, 5.41) is 9.58. The monoisotopic (exact) mass is 222 g/mol. The Balaban J connectivity index is 3.12. The number of nitriles is 1. The Bertz CT molecular complexity index is 368. The molecule has 0 heterocycles. The van der Waals surface area contributed by atoms with Gasteiger partial charge in [-0.25, -0.2) is 0 Å². The van der Waals surface area contributed by atoms with E-state index in [-0.39, 0.29) is 0 Å². The van der Waals surface area contributed by atoms with Crippen molar-refractivity contribution in [2.24, 2.45) is 0 Å². The Morgan fingerprint density at radius 3 is 2.67 bits per heavy atom. The van der Waals surface area contributed by atoms with Gasteiger partial charge in [0.05, 0.1) is 16.3 Å². The van der Waals surface area contributed by atoms with Gasteiger partial charge in [0, 0.05) is 13.1 Å². The standard InChI is InChI=1S/C12H15ClN2/c1-3-8-15(4-2)12-7-5-6-11(13)10(12)9-14/h5-7H,3-4,8H2,1-2H3. The van der Waals surface area contributed by atoms with Crippen LogP contribution in [0.15, 0.2) is 18.2 Å². The van der Waals surface area contributed by atoms with Crippen LogP contribution in [0.2, 0.25) is 5.02 Å². The van der Waals surface area contributed by atoms with Gasteiger partial charge in [-0.3, -0.25) is 0 Å². The van der Waals surface area contributed by atoms with Gasteiger partial charge in [-0.1, -0.05) is 24.6 Å². The van der Waals surface area contributed by atoms with E-state index >= 15 is 0 Å². The molecule has 0 aliphatic carbocycles. The molecule has 80 valence electrons. The minimum absolute atomic E-state index is 0.532. The second-order valence-electron chi connectivity index (χ2n) is 3.33. The Labute approximate surface area is 96.1 Å². The molecule has 15 heavy (non-hydrogen) atoms. The fraction of sp³-hybridized carbons (Fsp3) is 0.417. The topological polar surface area (TPSA) is 27.0 Å². The maximum atomic E-state index is 9.05. The van der Waals surface area contributed by atoms with Crippen LogP contribution in [-0.2, 0) is 0 Å².